The largest absolute Gasteiger partial charge is 0.299 e. The van der Waals surface area contributed by atoms with Gasteiger partial charge in [-0.3, -0.25) is 9.59 Å². The Kier molecular flexibility index (Phi) is 7.18. The van der Waals surface area contributed by atoms with Crippen LogP contribution in [0.1, 0.15) is 110 Å². The summed E-state index contributed by atoms with van der Waals surface area (Å²) in [6.45, 7) is 4.61. The molecule has 0 aliphatic heterocycles. The fraction of sp³-hybridized carbons (Fsp3) is 0.926. The maximum Gasteiger partial charge on any atom is 0.139 e. The molecule has 4 saturated carbocycles. The van der Waals surface area contributed by atoms with Crippen LogP contribution >= 0.6 is 0 Å². The van der Waals surface area contributed by atoms with Crippen molar-refractivity contribution < 1.29 is 9.59 Å². The molecule has 4 aliphatic carbocycles. The number of Topliss-reactive ketones (excluding diaryl/α,β-unsaturated/α-hetero) is 2. The van der Waals surface area contributed by atoms with Crippen molar-refractivity contribution in [2.75, 3.05) is 0 Å². The van der Waals surface area contributed by atoms with Crippen molar-refractivity contribution in [3.63, 3.8) is 0 Å². The zero-order chi connectivity index (χ0) is 20.4. The molecule has 0 heterocycles. The van der Waals surface area contributed by atoms with Crippen LogP contribution < -0.4 is 0 Å². The van der Waals surface area contributed by atoms with E-state index >= 15 is 0 Å². The van der Waals surface area contributed by atoms with Gasteiger partial charge in [-0.1, -0.05) is 39.5 Å². The van der Waals surface area contributed by atoms with E-state index in [-0.39, 0.29) is 0 Å². The fourth-order valence-corrected chi connectivity index (χ4v) is 7.47. The molecule has 6 unspecified atom stereocenters. The Hall–Kier alpha value is -0.660. The normalized spacial score (nSPS) is 42.6. The molecule has 0 aromatic carbocycles. The summed E-state index contributed by atoms with van der Waals surface area (Å²) in [4.78, 5) is 25.7. The molecule has 0 aromatic heterocycles. The van der Waals surface area contributed by atoms with Gasteiger partial charge in [0.15, 0.2) is 0 Å². The van der Waals surface area contributed by atoms with Crippen molar-refractivity contribution in [3.05, 3.63) is 0 Å². The smallest absolute Gasteiger partial charge is 0.139 e. The summed E-state index contributed by atoms with van der Waals surface area (Å²) >= 11 is 0. The molecule has 4 fully saturated rings. The first-order chi connectivity index (χ1) is 14.0. The Balaban J connectivity index is 1.16. The van der Waals surface area contributed by atoms with Crippen LogP contribution in [0.15, 0.2) is 0 Å². The minimum absolute atomic E-state index is 0.319. The highest BCUT2D eigenvalue weighted by Gasteiger charge is 2.45. The van der Waals surface area contributed by atoms with Crippen LogP contribution in [0.2, 0.25) is 0 Å². The van der Waals surface area contributed by atoms with E-state index in [0.29, 0.717) is 47.1 Å². The molecule has 0 aromatic rings. The summed E-state index contributed by atoms with van der Waals surface area (Å²) in [5.74, 6) is 6.02. The summed E-state index contributed by atoms with van der Waals surface area (Å²) < 4.78 is 0. The van der Waals surface area contributed by atoms with Gasteiger partial charge in [0.1, 0.15) is 11.6 Å². The zero-order valence-electron chi connectivity index (χ0n) is 19.0. The maximum absolute atomic E-state index is 13.1. The Morgan fingerprint density at radius 2 is 1.34 bits per heavy atom. The first-order valence-corrected chi connectivity index (χ1v) is 13.1. The molecule has 0 bridgehead atoms. The number of hydrogen-bond donors (Lipinski definition) is 0. The second-order valence-corrected chi connectivity index (χ2v) is 11.6. The first-order valence-electron chi connectivity index (χ1n) is 13.1. The zero-order valence-corrected chi connectivity index (χ0v) is 19.0. The van der Waals surface area contributed by atoms with Gasteiger partial charge >= 0.3 is 0 Å². The molecule has 0 N–H and O–H groups in total. The van der Waals surface area contributed by atoms with Gasteiger partial charge in [0, 0.05) is 24.2 Å². The number of hydrogen-bond acceptors (Lipinski definition) is 2. The van der Waals surface area contributed by atoms with Gasteiger partial charge in [-0.05, 0) is 93.8 Å². The van der Waals surface area contributed by atoms with Crippen molar-refractivity contribution in [2.45, 2.75) is 110 Å². The lowest BCUT2D eigenvalue weighted by atomic mass is 9.74. The molecule has 2 nitrogen and oxygen atoms in total. The SMILES string of the molecule is CC1CC(C)CC(C(=O)CCCC2CC2C(=O)C2CCC3CCCCC3CC2)C1. The third-order valence-corrected chi connectivity index (χ3v) is 9.16. The third kappa shape index (κ3) is 5.53. The van der Waals surface area contributed by atoms with Crippen LogP contribution in [-0.4, -0.2) is 11.6 Å². The van der Waals surface area contributed by atoms with E-state index in [1.54, 1.807) is 0 Å². The molecule has 4 aliphatic rings. The van der Waals surface area contributed by atoms with Crippen LogP contribution in [0.25, 0.3) is 0 Å². The highest BCUT2D eigenvalue weighted by atomic mass is 16.1. The second-order valence-electron chi connectivity index (χ2n) is 11.6. The summed E-state index contributed by atoms with van der Waals surface area (Å²) in [5.41, 5.74) is 0. The average Bonchev–Trinajstić information content (AvgIpc) is 3.49. The third-order valence-electron chi connectivity index (χ3n) is 9.16. The lowest BCUT2D eigenvalue weighted by Crippen LogP contribution is -2.25. The van der Waals surface area contributed by atoms with E-state index in [4.69, 9.17) is 0 Å². The van der Waals surface area contributed by atoms with Crippen LogP contribution in [0.4, 0.5) is 0 Å². The van der Waals surface area contributed by atoms with Crippen molar-refractivity contribution in [1.29, 1.82) is 0 Å². The highest BCUT2D eigenvalue weighted by molar-refractivity contribution is 5.86. The van der Waals surface area contributed by atoms with Crippen LogP contribution in [0.5, 0.6) is 0 Å². The van der Waals surface area contributed by atoms with Gasteiger partial charge in [-0.15, -0.1) is 0 Å². The van der Waals surface area contributed by atoms with Gasteiger partial charge in [0.2, 0.25) is 0 Å². The van der Waals surface area contributed by atoms with Gasteiger partial charge in [0.25, 0.3) is 0 Å². The predicted octanol–water partition coefficient (Wildman–Crippen LogP) is 7.00. The Morgan fingerprint density at radius 3 is 1.97 bits per heavy atom. The van der Waals surface area contributed by atoms with Crippen molar-refractivity contribution >= 4 is 11.6 Å². The number of carbonyl (C=O) groups excluding carboxylic acids is 2. The Labute approximate surface area is 179 Å². The maximum atomic E-state index is 13.1. The van der Waals surface area contributed by atoms with Crippen LogP contribution in [0.3, 0.4) is 0 Å². The molecule has 6 atom stereocenters. The molecule has 29 heavy (non-hydrogen) atoms. The molecule has 0 saturated heterocycles. The van der Waals surface area contributed by atoms with E-state index in [2.05, 4.69) is 13.8 Å². The highest BCUT2D eigenvalue weighted by Crippen LogP contribution is 2.48. The van der Waals surface area contributed by atoms with Crippen LogP contribution in [0, 0.1) is 47.3 Å². The average molecular weight is 401 g/mol. The predicted molar refractivity (Wildman–Crippen MR) is 119 cm³/mol. The van der Waals surface area contributed by atoms with Gasteiger partial charge in [-0.25, -0.2) is 0 Å². The Morgan fingerprint density at radius 1 is 0.724 bits per heavy atom. The molecule has 164 valence electrons. The lowest BCUT2D eigenvalue weighted by Gasteiger charge is -2.30. The van der Waals surface area contributed by atoms with Crippen LogP contribution in [-0.2, 0) is 9.59 Å². The van der Waals surface area contributed by atoms with Crippen molar-refractivity contribution in [2.24, 2.45) is 47.3 Å². The van der Waals surface area contributed by atoms with Crippen molar-refractivity contribution in [3.8, 4) is 0 Å². The Bertz CT molecular complexity index is 555. The van der Waals surface area contributed by atoms with Gasteiger partial charge in [0.05, 0.1) is 0 Å². The lowest BCUT2D eigenvalue weighted by molar-refractivity contribution is -0.125. The standard InChI is InChI=1S/C27H44O2/c1-18-14-19(2)16-24(15-18)26(28)9-5-8-23-17-25(23)27(29)22-12-10-20-6-3-4-7-21(20)11-13-22/h18-25H,3-17H2,1-2H3. The van der Waals surface area contributed by atoms with E-state index in [9.17, 15) is 9.59 Å². The van der Waals surface area contributed by atoms with E-state index < -0.39 is 0 Å². The molecule has 0 amide bonds. The summed E-state index contributed by atoms with van der Waals surface area (Å²) in [6.07, 6.45) is 18.1. The van der Waals surface area contributed by atoms with E-state index in [1.807, 2.05) is 0 Å². The van der Waals surface area contributed by atoms with E-state index in [1.165, 1.54) is 57.8 Å². The summed E-state index contributed by atoms with van der Waals surface area (Å²) in [5, 5.41) is 0. The number of ketones is 2. The quantitative estimate of drug-likeness (QED) is 0.461. The summed E-state index contributed by atoms with van der Waals surface area (Å²) in [6, 6.07) is 0. The molecule has 2 heteroatoms. The van der Waals surface area contributed by atoms with Crippen molar-refractivity contribution in [1.82, 2.24) is 0 Å². The number of rotatable bonds is 7. The number of carbonyl (C=O) groups is 2. The topological polar surface area (TPSA) is 34.1 Å². The minimum atomic E-state index is 0.319. The minimum Gasteiger partial charge on any atom is -0.299 e. The van der Waals surface area contributed by atoms with Gasteiger partial charge in [-0.2, -0.15) is 0 Å². The van der Waals surface area contributed by atoms with E-state index in [0.717, 1.165) is 50.4 Å². The molecular weight excluding hydrogens is 356 g/mol. The fourth-order valence-electron chi connectivity index (χ4n) is 7.47. The number of fused-ring (bicyclic) bond motifs is 1. The molecule has 0 spiro atoms. The first kappa shape index (κ1) is 21.6. The summed E-state index contributed by atoms with van der Waals surface area (Å²) in [7, 11) is 0. The second kappa shape index (κ2) is 9.65. The molecular formula is C27H44O2. The van der Waals surface area contributed by atoms with Gasteiger partial charge < -0.3 is 0 Å². The monoisotopic (exact) mass is 400 g/mol. The molecule has 0 radical (unpaired) electrons. The molecule has 4 rings (SSSR count).